The molecule has 1 fully saturated rings. The second-order valence-electron chi connectivity index (χ2n) is 6.75. The van der Waals surface area contributed by atoms with Crippen LogP contribution in [0, 0.1) is 13.8 Å². The van der Waals surface area contributed by atoms with Gasteiger partial charge in [-0.25, -0.2) is 9.59 Å². The molecule has 0 spiro atoms. The molecule has 3 atom stereocenters. The fourth-order valence-corrected chi connectivity index (χ4v) is 3.14. The van der Waals surface area contributed by atoms with E-state index in [2.05, 4.69) is 0 Å². The Labute approximate surface area is 164 Å². The normalized spacial score (nSPS) is 21.3. The number of esters is 2. The van der Waals surface area contributed by atoms with Crippen molar-refractivity contribution in [3.63, 3.8) is 0 Å². The lowest BCUT2D eigenvalue weighted by molar-refractivity contribution is -0.128. The van der Waals surface area contributed by atoms with Crippen molar-refractivity contribution in [3.8, 4) is 0 Å². The average Bonchev–Trinajstić information content (AvgIpc) is 3.08. The fourth-order valence-electron chi connectivity index (χ4n) is 3.14. The first-order valence-corrected chi connectivity index (χ1v) is 9.17. The Hall–Kier alpha value is -2.70. The predicted molar refractivity (Wildman–Crippen MR) is 102 cm³/mol. The Morgan fingerprint density at radius 1 is 0.964 bits per heavy atom. The Kier molecular flexibility index (Phi) is 6.44. The van der Waals surface area contributed by atoms with Gasteiger partial charge in [0, 0.05) is 13.5 Å². The molecule has 1 aliphatic heterocycles. The van der Waals surface area contributed by atoms with Gasteiger partial charge in [0.1, 0.15) is 18.8 Å². The maximum absolute atomic E-state index is 12.5. The van der Waals surface area contributed by atoms with Gasteiger partial charge in [0.25, 0.3) is 0 Å². The minimum atomic E-state index is -0.592. The van der Waals surface area contributed by atoms with Crippen molar-refractivity contribution in [2.45, 2.75) is 38.8 Å². The van der Waals surface area contributed by atoms with Crippen molar-refractivity contribution < 1.29 is 28.5 Å². The first-order chi connectivity index (χ1) is 13.5. The molecule has 6 heteroatoms. The highest BCUT2D eigenvalue weighted by atomic mass is 16.7. The van der Waals surface area contributed by atoms with E-state index in [-0.39, 0.29) is 6.61 Å². The van der Waals surface area contributed by atoms with Gasteiger partial charge in [0.05, 0.1) is 11.1 Å². The van der Waals surface area contributed by atoms with Crippen LogP contribution in [0.15, 0.2) is 48.5 Å². The quantitative estimate of drug-likeness (QED) is 0.711. The summed E-state index contributed by atoms with van der Waals surface area (Å²) < 4.78 is 22.0. The van der Waals surface area contributed by atoms with Gasteiger partial charge < -0.3 is 18.9 Å². The molecule has 0 aromatic heterocycles. The highest BCUT2D eigenvalue weighted by molar-refractivity contribution is 5.91. The highest BCUT2D eigenvalue weighted by Gasteiger charge is 2.39. The molecule has 1 aliphatic rings. The van der Waals surface area contributed by atoms with Gasteiger partial charge in [-0.05, 0) is 37.1 Å². The molecule has 2 aromatic rings. The fraction of sp³-hybridized carbons (Fsp3) is 0.364. The third kappa shape index (κ3) is 4.58. The second kappa shape index (κ2) is 8.99. The van der Waals surface area contributed by atoms with E-state index in [4.69, 9.17) is 18.9 Å². The minimum absolute atomic E-state index is 0.0290. The number of methoxy groups -OCH3 is 1. The zero-order valence-electron chi connectivity index (χ0n) is 16.2. The first kappa shape index (κ1) is 20.0. The Morgan fingerprint density at radius 3 is 2.11 bits per heavy atom. The van der Waals surface area contributed by atoms with E-state index in [9.17, 15) is 9.59 Å². The van der Waals surface area contributed by atoms with Crippen LogP contribution in [0.2, 0.25) is 0 Å². The van der Waals surface area contributed by atoms with Crippen LogP contribution in [0.25, 0.3) is 0 Å². The molecule has 0 unspecified atom stereocenters. The number of rotatable bonds is 6. The second-order valence-corrected chi connectivity index (χ2v) is 6.75. The van der Waals surface area contributed by atoms with Crippen molar-refractivity contribution in [2.75, 3.05) is 13.7 Å². The molecule has 1 saturated heterocycles. The van der Waals surface area contributed by atoms with Crippen LogP contribution in [-0.2, 0) is 18.9 Å². The molecule has 0 aliphatic carbocycles. The lowest BCUT2D eigenvalue weighted by Crippen LogP contribution is -2.32. The molecule has 0 N–H and O–H groups in total. The summed E-state index contributed by atoms with van der Waals surface area (Å²) >= 11 is 0. The van der Waals surface area contributed by atoms with E-state index in [0.717, 1.165) is 11.1 Å². The summed E-state index contributed by atoms with van der Waals surface area (Å²) in [4.78, 5) is 24.9. The van der Waals surface area contributed by atoms with Crippen LogP contribution < -0.4 is 0 Å². The minimum Gasteiger partial charge on any atom is -0.459 e. The molecular formula is C22H24O6. The number of hydrogen-bond donors (Lipinski definition) is 0. The summed E-state index contributed by atoms with van der Waals surface area (Å²) in [5.41, 5.74) is 2.66. The van der Waals surface area contributed by atoms with Gasteiger partial charge in [0.15, 0.2) is 6.29 Å². The molecule has 2 aromatic carbocycles. The van der Waals surface area contributed by atoms with Gasteiger partial charge in [-0.3, -0.25) is 0 Å². The third-order valence-corrected chi connectivity index (χ3v) is 4.80. The van der Waals surface area contributed by atoms with Gasteiger partial charge >= 0.3 is 11.9 Å². The lowest BCUT2D eigenvalue weighted by Gasteiger charge is -2.19. The summed E-state index contributed by atoms with van der Waals surface area (Å²) in [6.45, 7) is 3.66. The Bertz CT molecular complexity index is 846. The SMILES string of the molecule is CO[C@H]1C[C@@H](OC(=O)c2ccccc2C)[C@H](COC(=O)c2ccccc2C)O1. The van der Waals surface area contributed by atoms with Crippen molar-refractivity contribution in [1.29, 1.82) is 0 Å². The molecule has 6 nitrogen and oxygen atoms in total. The third-order valence-electron chi connectivity index (χ3n) is 4.80. The standard InChI is InChI=1S/C22H24O6/c1-14-8-4-6-10-16(14)21(23)26-13-19-18(12-20(25-3)27-19)28-22(24)17-11-7-5-9-15(17)2/h4-11,18-20H,12-13H2,1-3H3/t18-,19+,20-/m1/s1. The summed E-state index contributed by atoms with van der Waals surface area (Å²) in [6.07, 6.45) is -1.30. The predicted octanol–water partition coefficient (Wildman–Crippen LogP) is 3.45. The van der Waals surface area contributed by atoms with E-state index in [1.54, 1.807) is 24.3 Å². The average molecular weight is 384 g/mol. The zero-order valence-corrected chi connectivity index (χ0v) is 16.2. The van der Waals surface area contributed by atoms with Crippen LogP contribution in [-0.4, -0.2) is 44.2 Å². The molecule has 28 heavy (non-hydrogen) atoms. The van der Waals surface area contributed by atoms with Crippen molar-refractivity contribution >= 4 is 11.9 Å². The molecule has 0 saturated carbocycles. The first-order valence-electron chi connectivity index (χ1n) is 9.17. The van der Waals surface area contributed by atoms with E-state index in [1.807, 2.05) is 38.1 Å². The van der Waals surface area contributed by atoms with Gasteiger partial charge in [-0.1, -0.05) is 36.4 Å². The van der Waals surface area contributed by atoms with E-state index in [0.29, 0.717) is 17.5 Å². The molecule has 3 rings (SSSR count). The van der Waals surface area contributed by atoms with Crippen LogP contribution in [0.5, 0.6) is 0 Å². The van der Waals surface area contributed by atoms with Gasteiger partial charge in [0.2, 0.25) is 0 Å². The van der Waals surface area contributed by atoms with Gasteiger partial charge in [-0.2, -0.15) is 0 Å². The number of ether oxygens (including phenoxy) is 4. The summed E-state index contributed by atoms with van der Waals surface area (Å²) in [5.74, 6) is -0.870. The largest absolute Gasteiger partial charge is 0.459 e. The van der Waals surface area contributed by atoms with E-state index in [1.165, 1.54) is 7.11 Å². The highest BCUT2D eigenvalue weighted by Crippen LogP contribution is 2.26. The summed E-state index contributed by atoms with van der Waals surface area (Å²) in [6, 6.07) is 14.4. The van der Waals surface area contributed by atoms with E-state index >= 15 is 0 Å². The number of aryl methyl sites for hydroxylation is 2. The van der Waals surface area contributed by atoms with Crippen LogP contribution >= 0.6 is 0 Å². The van der Waals surface area contributed by atoms with Crippen molar-refractivity contribution in [2.24, 2.45) is 0 Å². The number of hydrogen-bond acceptors (Lipinski definition) is 6. The monoisotopic (exact) mass is 384 g/mol. The van der Waals surface area contributed by atoms with Crippen LogP contribution in [0.1, 0.15) is 38.3 Å². The topological polar surface area (TPSA) is 71.1 Å². The van der Waals surface area contributed by atoms with Gasteiger partial charge in [-0.15, -0.1) is 0 Å². The smallest absolute Gasteiger partial charge is 0.338 e. The molecular weight excluding hydrogens is 360 g/mol. The molecule has 0 amide bonds. The molecule has 1 heterocycles. The van der Waals surface area contributed by atoms with Crippen molar-refractivity contribution in [1.82, 2.24) is 0 Å². The number of benzene rings is 2. The van der Waals surface area contributed by atoms with Crippen LogP contribution in [0.3, 0.4) is 0 Å². The Balaban J connectivity index is 1.65. The Morgan fingerprint density at radius 2 is 1.54 bits per heavy atom. The van der Waals surface area contributed by atoms with Crippen LogP contribution in [0.4, 0.5) is 0 Å². The molecule has 148 valence electrons. The maximum atomic E-state index is 12.5. The summed E-state index contributed by atoms with van der Waals surface area (Å²) in [7, 11) is 1.52. The lowest BCUT2D eigenvalue weighted by atomic mass is 10.1. The number of carbonyl (C=O) groups excluding carboxylic acids is 2. The number of carbonyl (C=O) groups is 2. The van der Waals surface area contributed by atoms with E-state index < -0.39 is 30.4 Å². The van der Waals surface area contributed by atoms with Crippen molar-refractivity contribution in [3.05, 3.63) is 70.8 Å². The summed E-state index contributed by atoms with van der Waals surface area (Å²) in [5, 5.41) is 0. The molecule has 0 radical (unpaired) electrons. The molecule has 0 bridgehead atoms. The maximum Gasteiger partial charge on any atom is 0.338 e. The zero-order chi connectivity index (χ0) is 20.1.